The Kier molecular flexibility index (Phi) is 5.16. The number of carbonyl (C=O) groups excluding carboxylic acids is 1. The highest BCUT2D eigenvalue weighted by Gasteiger charge is 2.09. The van der Waals surface area contributed by atoms with E-state index in [0.29, 0.717) is 12.1 Å². The lowest BCUT2D eigenvalue weighted by Crippen LogP contribution is -2.36. The number of anilines is 1. The zero-order chi connectivity index (χ0) is 13.5. The minimum atomic E-state index is -0.867. The fraction of sp³-hybridized carbons (Fsp3) is 0.545. The predicted molar refractivity (Wildman–Crippen MR) is 66.4 cm³/mol. The second-order valence-corrected chi connectivity index (χ2v) is 4.02. The van der Waals surface area contributed by atoms with E-state index < -0.39 is 5.97 Å². The number of aryl methyl sites for hydroxylation is 1. The molecular weight excluding hydrogens is 236 g/mol. The molecule has 1 aromatic rings. The minimum Gasteiger partial charge on any atom is -0.481 e. The van der Waals surface area contributed by atoms with E-state index in [1.54, 1.807) is 24.0 Å². The third-order valence-corrected chi connectivity index (χ3v) is 2.38. The molecule has 0 radical (unpaired) electrons. The van der Waals surface area contributed by atoms with Crippen LogP contribution in [0.2, 0.25) is 0 Å². The Morgan fingerprint density at radius 3 is 2.83 bits per heavy atom. The number of carbonyl (C=O) groups is 2. The summed E-state index contributed by atoms with van der Waals surface area (Å²) in [4.78, 5) is 21.9. The third-order valence-electron chi connectivity index (χ3n) is 2.38. The van der Waals surface area contributed by atoms with E-state index in [2.05, 4.69) is 15.7 Å². The number of aromatic nitrogens is 2. The molecule has 0 aliphatic heterocycles. The van der Waals surface area contributed by atoms with Crippen LogP contribution in [0.3, 0.4) is 0 Å². The number of carboxylic acids is 1. The van der Waals surface area contributed by atoms with Crippen LogP contribution in [-0.2, 0) is 11.3 Å². The molecule has 0 aliphatic carbocycles. The Morgan fingerprint density at radius 2 is 2.28 bits per heavy atom. The lowest BCUT2D eigenvalue weighted by molar-refractivity contribution is -0.137. The highest BCUT2D eigenvalue weighted by molar-refractivity contribution is 5.89. The molecule has 0 aromatic carbocycles. The Morgan fingerprint density at radius 1 is 1.56 bits per heavy atom. The molecule has 1 heterocycles. The summed E-state index contributed by atoms with van der Waals surface area (Å²) in [6, 6.07) is -0.550. The molecule has 0 saturated heterocycles. The van der Waals surface area contributed by atoms with E-state index in [0.717, 1.165) is 6.54 Å². The summed E-state index contributed by atoms with van der Waals surface area (Å²) < 4.78 is 1.70. The molecule has 18 heavy (non-hydrogen) atoms. The van der Waals surface area contributed by atoms with Crippen molar-refractivity contribution in [3.05, 3.63) is 12.4 Å². The zero-order valence-corrected chi connectivity index (χ0v) is 10.5. The van der Waals surface area contributed by atoms with E-state index in [-0.39, 0.29) is 18.5 Å². The van der Waals surface area contributed by atoms with Crippen molar-refractivity contribution in [3.63, 3.8) is 0 Å². The number of amides is 2. The number of nitrogens with zero attached hydrogens (tertiary/aromatic N) is 2. The lowest BCUT2D eigenvalue weighted by atomic mass is 10.2. The maximum Gasteiger partial charge on any atom is 0.319 e. The number of hydrogen-bond acceptors (Lipinski definition) is 3. The fourth-order valence-electron chi connectivity index (χ4n) is 1.40. The van der Waals surface area contributed by atoms with Gasteiger partial charge in [-0.3, -0.25) is 9.48 Å². The van der Waals surface area contributed by atoms with Gasteiger partial charge in [0.05, 0.1) is 11.9 Å². The molecule has 7 heteroatoms. The summed E-state index contributed by atoms with van der Waals surface area (Å²) in [5.74, 6) is -0.867. The average Bonchev–Trinajstić information content (AvgIpc) is 2.73. The van der Waals surface area contributed by atoms with Gasteiger partial charge in [0.15, 0.2) is 0 Å². The molecule has 1 unspecified atom stereocenters. The van der Waals surface area contributed by atoms with Crippen molar-refractivity contribution in [2.24, 2.45) is 0 Å². The molecule has 0 bridgehead atoms. The van der Waals surface area contributed by atoms with Crippen LogP contribution in [0.15, 0.2) is 12.4 Å². The third kappa shape index (κ3) is 4.86. The summed E-state index contributed by atoms with van der Waals surface area (Å²) >= 11 is 0. The van der Waals surface area contributed by atoms with Gasteiger partial charge >= 0.3 is 12.0 Å². The first kappa shape index (κ1) is 14.0. The van der Waals surface area contributed by atoms with Crippen molar-refractivity contribution in [2.45, 2.75) is 39.3 Å². The van der Waals surface area contributed by atoms with E-state index in [1.807, 2.05) is 6.92 Å². The second-order valence-electron chi connectivity index (χ2n) is 4.02. The maximum absolute atomic E-state index is 11.6. The second kappa shape index (κ2) is 6.63. The molecular formula is C11H18N4O3. The van der Waals surface area contributed by atoms with Gasteiger partial charge in [-0.05, 0) is 20.3 Å². The van der Waals surface area contributed by atoms with Gasteiger partial charge in [-0.15, -0.1) is 0 Å². The maximum atomic E-state index is 11.6. The van der Waals surface area contributed by atoms with Gasteiger partial charge in [0, 0.05) is 25.2 Å². The molecule has 0 spiro atoms. The number of nitrogens with one attached hydrogen (secondary N) is 2. The average molecular weight is 254 g/mol. The number of aliphatic carboxylic acids is 1. The molecule has 0 aliphatic rings. The van der Waals surface area contributed by atoms with E-state index in [4.69, 9.17) is 5.11 Å². The topological polar surface area (TPSA) is 96.2 Å². The molecule has 3 N–H and O–H groups in total. The summed E-state index contributed by atoms with van der Waals surface area (Å²) in [5, 5.41) is 17.8. The number of hydrogen-bond donors (Lipinski definition) is 3. The van der Waals surface area contributed by atoms with Crippen LogP contribution < -0.4 is 10.6 Å². The molecule has 100 valence electrons. The first-order chi connectivity index (χ1) is 8.51. The Labute approximate surface area is 105 Å². The SMILES string of the molecule is CCn1cc(NC(=O)NC(C)CCC(=O)O)cn1. The zero-order valence-electron chi connectivity index (χ0n) is 10.5. The molecule has 2 amide bonds. The minimum absolute atomic E-state index is 0.0369. The summed E-state index contributed by atoms with van der Waals surface area (Å²) in [6.07, 6.45) is 3.72. The van der Waals surface area contributed by atoms with Crippen LogP contribution in [0, 0.1) is 0 Å². The van der Waals surface area contributed by atoms with Crippen molar-refractivity contribution in [2.75, 3.05) is 5.32 Å². The number of carboxylic acid groups (broad SMARTS) is 1. The quantitative estimate of drug-likeness (QED) is 0.712. The van der Waals surface area contributed by atoms with Crippen molar-refractivity contribution >= 4 is 17.7 Å². The van der Waals surface area contributed by atoms with E-state index in [1.165, 1.54) is 0 Å². The molecule has 1 atom stereocenters. The highest BCUT2D eigenvalue weighted by Crippen LogP contribution is 2.04. The predicted octanol–water partition coefficient (Wildman–Crippen LogP) is 1.28. The Hall–Kier alpha value is -2.05. The van der Waals surface area contributed by atoms with Crippen molar-refractivity contribution in [3.8, 4) is 0 Å². The van der Waals surface area contributed by atoms with Gasteiger partial charge in [-0.1, -0.05) is 0 Å². The number of urea groups is 1. The van der Waals surface area contributed by atoms with Gasteiger partial charge in [-0.2, -0.15) is 5.10 Å². The van der Waals surface area contributed by atoms with Crippen LogP contribution in [0.1, 0.15) is 26.7 Å². The van der Waals surface area contributed by atoms with Crippen LogP contribution in [0.5, 0.6) is 0 Å². The van der Waals surface area contributed by atoms with Crippen molar-refractivity contribution in [1.82, 2.24) is 15.1 Å². The molecule has 1 aromatic heterocycles. The van der Waals surface area contributed by atoms with Gasteiger partial charge in [0.25, 0.3) is 0 Å². The smallest absolute Gasteiger partial charge is 0.319 e. The standard InChI is InChI=1S/C11H18N4O3/c1-3-15-7-9(6-12-15)14-11(18)13-8(2)4-5-10(16)17/h6-8H,3-5H2,1-2H3,(H,16,17)(H2,13,14,18). The van der Waals surface area contributed by atoms with Crippen LogP contribution in [-0.4, -0.2) is 32.9 Å². The Bertz CT molecular complexity index is 416. The summed E-state index contributed by atoms with van der Waals surface area (Å²) in [6.45, 7) is 4.45. The van der Waals surface area contributed by atoms with E-state index in [9.17, 15) is 9.59 Å². The molecule has 7 nitrogen and oxygen atoms in total. The van der Waals surface area contributed by atoms with Crippen LogP contribution in [0.4, 0.5) is 10.5 Å². The fourth-order valence-corrected chi connectivity index (χ4v) is 1.40. The van der Waals surface area contributed by atoms with Crippen LogP contribution in [0.25, 0.3) is 0 Å². The highest BCUT2D eigenvalue weighted by atomic mass is 16.4. The number of rotatable bonds is 6. The largest absolute Gasteiger partial charge is 0.481 e. The molecule has 0 fully saturated rings. The molecule has 0 saturated carbocycles. The normalized spacial score (nSPS) is 11.9. The van der Waals surface area contributed by atoms with Gasteiger partial charge in [0.2, 0.25) is 0 Å². The van der Waals surface area contributed by atoms with Gasteiger partial charge in [-0.25, -0.2) is 4.79 Å². The van der Waals surface area contributed by atoms with Gasteiger partial charge in [0.1, 0.15) is 0 Å². The molecule has 1 rings (SSSR count). The van der Waals surface area contributed by atoms with Crippen molar-refractivity contribution in [1.29, 1.82) is 0 Å². The summed E-state index contributed by atoms with van der Waals surface area (Å²) in [7, 11) is 0. The van der Waals surface area contributed by atoms with Gasteiger partial charge < -0.3 is 15.7 Å². The first-order valence-electron chi connectivity index (χ1n) is 5.83. The monoisotopic (exact) mass is 254 g/mol. The first-order valence-corrected chi connectivity index (χ1v) is 5.83. The van der Waals surface area contributed by atoms with Crippen LogP contribution >= 0.6 is 0 Å². The summed E-state index contributed by atoms with van der Waals surface area (Å²) in [5.41, 5.74) is 0.611. The van der Waals surface area contributed by atoms with Crippen molar-refractivity contribution < 1.29 is 14.7 Å². The Balaban J connectivity index is 2.34. The van der Waals surface area contributed by atoms with E-state index >= 15 is 0 Å². The lowest BCUT2D eigenvalue weighted by Gasteiger charge is -2.12.